The average Bonchev–Trinajstić information content (AvgIpc) is 2.56. The normalized spacial score (nSPS) is 10.0. The zero-order chi connectivity index (χ0) is 16.9. The standard InChI is InChI=1S/C17H26N2O3S/c1-3-4-5-6-7-12-18-17(23)19-16(20)13-22-15-10-8-14(21-2)9-11-15/h8-11H,3-7,12-13H2,1-2H3,(H2,18,19,20,23). The molecule has 0 saturated carbocycles. The number of hydrogen-bond donors (Lipinski definition) is 2. The van der Waals surface area contributed by atoms with E-state index in [-0.39, 0.29) is 12.5 Å². The van der Waals surface area contributed by atoms with Crippen LogP contribution in [0.3, 0.4) is 0 Å². The molecule has 0 aliphatic heterocycles. The summed E-state index contributed by atoms with van der Waals surface area (Å²) in [6.45, 7) is 2.89. The first kappa shape index (κ1) is 19.2. The van der Waals surface area contributed by atoms with Gasteiger partial charge in [-0.2, -0.15) is 0 Å². The van der Waals surface area contributed by atoms with Gasteiger partial charge >= 0.3 is 0 Å². The number of thiocarbonyl (C=S) groups is 1. The molecule has 6 heteroatoms. The summed E-state index contributed by atoms with van der Waals surface area (Å²) in [4.78, 5) is 11.7. The molecule has 1 aromatic carbocycles. The van der Waals surface area contributed by atoms with Gasteiger partial charge in [-0.3, -0.25) is 4.79 Å². The Morgan fingerprint density at radius 3 is 2.39 bits per heavy atom. The first-order valence-corrected chi connectivity index (χ1v) is 8.41. The molecule has 1 aromatic rings. The highest BCUT2D eigenvalue weighted by Crippen LogP contribution is 2.16. The van der Waals surface area contributed by atoms with Gasteiger partial charge in [-0.25, -0.2) is 0 Å². The molecule has 5 nitrogen and oxygen atoms in total. The third-order valence-corrected chi connectivity index (χ3v) is 3.49. The largest absolute Gasteiger partial charge is 0.497 e. The van der Waals surface area contributed by atoms with Crippen molar-refractivity contribution in [2.75, 3.05) is 20.3 Å². The molecule has 128 valence electrons. The predicted octanol–water partition coefficient (Wildman–Crippen LogP) is 3.04. The second-order valence-corrected chi connectivity index (χ2v) is 5.59. The van der Waals surface area contributed by atoms with E-state index in [4.69, 9.17) is 21.7 Å². The monoisotopic (exact) mass is 338 g/mol. The summed E-state index contributed by atoms with van der Waals surface area (Å²) in [6.07, 6.45) is 5.98. The van der Waals surface area contributed by atoms with Gasteiger partial charge in [0.2, 0.25) is 0 Å². The molecule has 0 aromatic heterocycles. The SMILES string of the molecule is CCCCCCCNC(=S)NC(=O)COc1ccc(OC)cc1. The lowest BCUT2D eigenvalue weighted by Gasteiger charge is -2.10. The van der Waals surface area contributed by atoms with Crippen molar-refractivity contribution in [3.8, 4) is 11.5 Å². The van der Waals surface area contributed by atoms with Crippen molar-refractivity contribution in [2.45, 2.75) is 39.0 Å². The minimum atomic E-state index is -0.274. The van der Waals surface area contributed by atoms with Crippen molar-refractivity contribution < 1.29 is 14.3 Å². The zero-order valence-corrected chi connectivity index (χ0v) is 14.7. The molecule has 0 aliphatic carbocycles. The second kappa shape index (κ2) is 11.7. The number of nitrogens with one attached hydrogen (secondary N) is 2. The highest BCUT2D eigenvalue weighted by Gasteiger charge is 2.05. The van der Waals surface area contributed by atoms with Crippen LogP contribution in [-0.4, -0.2) is 31.3 Å². The van der Waals surface area contributed by atoms with Gasteiger partial charge in [-0.15, -0.1) is 0 Å². The molecule has 0 aliphatic rings. The summed E-state index contributed by atoms with van der Waals surface area (Å²) in [5, 5.41) is 5.99. The number of hydrogen-bond acceptors (Lipinski definition) is 4. The minimum Gasteiger partial charge on any atom is -0.497 e. The fourth-order valence-corrected chi connectivity index (χ4v) is 2.17. The van der Waals surface area contributed by atoms with Crippen LogP contribution in [0.2, 0.25) is 0 Å². The lowest BCUT2D eigenvalue weighted by molar-refractivity contribution is -0.121. The van der Waals surface area contributed by atoms with Gasteiger partial charge < -0.3 is 20.1 Å². The van der Waals surface area contributed by atoms with Gasteiger partial charge in [0.05, 0.1) is 7.11 Å². The van der Waals surface area contributed by atoms with Crippen molar-refractivity contribution in [3.05, 3.63) is 24.3 Å². The van der Waals surface area contributed by atoms with Crippen molar-refractivity contribution in [1.29, 1.82) is 0 Å². The van der Waals surface area contributed by atoms with Crippen LogP contribution in [0.1, 0.15) is 39.0 Å². The zero-order valence-electron chi connectivity index (χ0n) is 13.9. The van der Waals surface area contributed by atoms with Gasteiger partial charge in [-0.05, 0) is 42.9 Å². The number of unbranched alkanes of at least 4 members (excludes halogenated alkanes) is 4. The molecule has 0 saturated heterocycles. The van der Waals surface area contributed by atoms with Crippen LogP contribution in [-0.2, 0) is 4.79 Å². The Balaban J connectivity index is 2.13. The molecule has 0 fully saturated rings. The molecule has 1 rings (SSSR count). The van der Waals surface area contributed by atoms with E-state index in [0.29, 0.717) is 10.9 Å². The Kier molecular flexibility index (Phi) is 9.79. The van der Waals surface area contributed by atoms with Crippen LogP contribution in [0.4, 0.5) is 0 Å². The topological polar surface area (TPSA) is 59.6 Å². The van der Waals surface area contributed by atoms with E-state index >= 15 is 0 Å². The third-order valence-electron chi connectivity index (χ3n) is 3.25. The molecule has 0 unspecified atom stereocenters. The molecule has 1 amide bonds. The molecule has 0 heterocycles. The molecule has 23 heavy (non-hydrogen) atoms. The number of carbonyl (C=O) groups excluding carboxylic acids is 1. The maximum atomic E-state index is 11.7. The summed E-state index contributed by atoms with van der Waals surface area (Å²) in [5.41, 5.74) is 0. The lowest BCUT2D eigenvalue weighted by Crippen LogP contribution is -2.41. The summed E-state index contributed by atoms with van der Waals surface area (Å²) in [5.74, 6) is 1.08. The van der Waals surface area contributed by atoms with Crippen LogP contribution in [0.15, 0.2) is 24.3 Å². The Morgan fingerprint density at radius 2 is 1.74 bits per heavy atom. The maximum absolute atomic E-state index is 11.7. The number of methoxy groups -OCH3 is 1. The Bertz CT molecular complexity index is 477. The van der Waals surface area contributed by atoms with Gasteiger partial charge in [0, 0.05) is 6.54 Å². The number of carbonyl (C=O) groups is 1. The first-order valence-electron chi connectivity index (χ1n) is 8.00. The van der Waals surface area contributed by atoms with Crippen LogP contribution >= 0.6 is 12.2 Å². The number of rotatable bonds is 10. The summed E-state index contributed by atoms with van der Waals surface area (Å²) in [6, 6.07) is 7.05. The van der Waals surface area contributed by atoms with E-state index in [1.54, 1.807) is 31.4 Å². The Hall–Kier alpha value is -1.82. The molecule has 2 N–H and O–H groups in total. The van der Waals surface area contributed by atoms with Crippen LogP contribution in [0, 0.1) is 0 Å². The molecule has 0 spiro atoms. The number of ether oxygens (including phenoxy) is 2. The number of benzene rings is 1. The van der Waals surface area contributed by atoms with Crippen LogP contribution in [0.5, 0.6) is 11.5 Å². The van der Waals surface area contributed by atoms with E-state index in [1.807, 2.05) is 0 Å². The highest BCUT2D eigenvalue weighted by molar-refractivity contribution is 7.80. The summed E-state index contributed by atoms with van der Waals surface area (Å²) >= 11 is 5.08. The first-order chi connectivity index (χ1) is 11.2. The van der Waals surface area contributed by atoms with Crippen LogP contribution in [0.25, 0.3) is 0 Å². The lowest BCUT2D eigenvalue weighted by atomic mass is 10.1. The van der Waals surface area contributed by atoms with Gasteiger partial charge in [0.25, 0.3) is 5.91 Å². The Labute approximate surface area is 143 Å². The third kappa shape index (κ3) is 9.03. The minimum absolute atomic E-state index is 0.0787. The fourth-order valence-electron chi connectivity index (χ4n) is 1.96. The van der Waals surface area contributed by atoms with Crippen LogP contribution < -0.4 is 20.1 Å². The molecular formula is C17H26N2O3S. The van der Waals surface area contributed by atoms with Crippen molar-refractivity contribution >= 4 is 23.2 Å². The second-order valence-electron chi connectivity index (χ2n) is 5.18. The number of amides is 1. The van der Waals surface area contributed by atoms with E-state index < -0.39 is 0 Å². The smallest absolute Gasteiger partial charge is 0.264 e. The molecule has 0 atom stereocenters. The summed E-state index contributed by atoms with van der Waals surface area (Å²) < 4.78 is 10.4. The van der Waals surface area contributed by atoms with Crippen molar-refractivity contribution in [2.24, 2.45) is 0 Å². The molecular weight excluding hydrogens is 312 g/mol. The van der Waals surface area contributed by atoms with E-state index in [0.717, 1.165) is 18.7 Å². The average molecular weight is 338 g/mol. The summed E-state index contributed by atoms with van der Waals surface area (Å²) in [7, 11) is 1.60. The fraction of sp³-hybridized carbons (Fsp3) is 0.529. The van der Waals surface area contributed by atoms with Gasteiger partial charge in [0.15, 0.2) is 11.7 Å². The van der Waals surface area contributed by atoms with Gasteiger partial charge in [0.1, 0.15) is 11.5 Å². The quantitative estimate of drug-likeness (QED) is 0.507. The van der Waals surface area contributed by atoms with Crippen molar-refractivity contribution in [3.63, 3.8) is 0 Å². The van der Waals surface area contributed by atoms with Crippen molar-refractivity contribution in [1.82, 2.24) is 10.6 Å². The van der Waals surface area contributed by atoms with E-state index in [9.17, 15) is 4.79 Å². The molecule has 0 bridgehead atoms. The van der Waals surface area contributed by atoms with E-state index in [1.165, 1.54) is 25.7 Å². The maximum Gasteiger partial charge on any atom is 0.264 e. The van der Waals surface area contributed by atoms with E-state index in [2.05, 4.69) is 17.6 Å². The van der Waals surface area contributed by atoms with Gasteiger partial charge in [-0.1, -0.05) is 32.6 Å². The highest BCUT2D eigenvalue weighted by atomic mass is 32.1. The predicted molar refractivity (Wildman–Crippen MR) is 96.0 cm³/mol. The molecule has 0 radical (unpaired) electrons. The Morgan fingerprint density at radius 1 is 1.09 bits per heavy atom.